The molecule has 8 heteroatoms. The van der Waals surface area contributed by atoms with Crippen LogP contribution in [0.15, 0.2) is 0 Å². The molecule has 1 atom stereocenters. The zero-order chi connectivity index (χ0) is 14.1. The van der Waals surface area contributed by atoms with Crippen molar-refractivity contribution in [3.8, 4) is 0 Å². The molecule has 1 heterocycles. The summed E-state index contributed by atoms with van der Waals surface area (Å²) in [6, 6.07) is -1.13. The van der Waals surface area contributed by atoms with E-state index in [4.69, 9.17) is 9.84 Å². The molecule has 7 nitrogen and oxygen atoms in total. The van der Waals surface area contributed by atoms with E-state index in [1.807, 2.05) is 0 Å². The minimum absolute atomic E-state index is 0.0781. The van der Waals surface area contributed by atoms with Gasteiger partial charge in [-0.2, -0.15) is 0 Å². The van der Waals surface area contributed by atoms with E-state index < -0.39 is 32.5 Å². The largest absolute Gasteiger partial charge is 0.480 e. The molecule has 1 saturated heterocycles. The highest BCUT2D eigenvalue weighted by molar-refractivity contribution is 7.92. The van der Waals surface area contributed by atoms with Gasteiger partial charge in [0, 0.05) is 12.8 Å². The fraction of sp³-hybridized carbons (Fsp3) is 0.800. The fourth-order valence-corrected chi connectivity index (χ4v) is 1.99. The molecular formula is C10H17NO6S. The summed E-state index contributed by atoms with van der Waals surface area (Å²) < 4.78 is 26.5. The third-order valence-corrected chi connectivity index (χ3v) is 5.14. The molecule has 0 aliphatic carbocycles. The number of carbonyl (C=O) groups excluding carboxylic acids is 1. The topological polar surface area (TPSA) is 101 Å². The molecule has 1 aliphatic rings. The van der Waals surface area contributed by atoms with E-state index in [-0.39, 0.29) is 19.8 Å². The van der Waals surface area contributed by atoms with E-state index in [1.54, 1.807) is 0 Å². The first-order valence-corrected chi connectivity index (χ1v) is 7.29. The standard InChI is InChI=1S/C10H17NO6S/c1-10(2,18(3,15)16)9(14)11-4-5-17-6-7(11)8(12)13/h7H,4-6H2,1-3H3,(H,12,13). The molecule has 0 radical (unpaired) electrons. The van der Waals surface area contributed by atoms with Crippen molar-refractivity contribution < 1.29 is 27.9 Å². The summed E-state index contributed by atoms with van der Waals surface area (Å²) in [6.45, 7) is 2.71. The van der Waals surface area contributed by atoms with Crippen LogP contribution in [-0.4, -0.2) is 67.1 Å². The van der Waals surface area contributed by atoms with E-state index >= 15 is 0 Å². The van der Waals surface area contributed by atoms with Crippen LogP contribution in [0.2, 0.25) is 0 Å². The Morgan fingerprint density at radius 1 is 1.39 bits per heavy atom. The Bertz CT molecular complexity index is 455. The Hall–Kier alpha value is -1.15. The predicted octanol–water partition coefficient (Wildman–Crippen LogP) is -0.878. The van der Waals surface area contributed by atoms with Crippen LogP contribution in [0.25, 0.3) is 0 Å². The molecule has 0 aromatic rings. The molecule has 0 bridgehead atoms. The van der Waals surface area contributed by atoms with Crippen molar-refractivity contribution in [2.75, 3.05) is 26.0 Å². The van der Waals surface area contributed by atoms with Gasteiger partial charge in [-0.05, 0) is 13.8 Å². The number of aliphatic carboxylic acids is 1. The Labute approximate surface area is 106 Å². The van der Waals surface area contributed by atoms with Gasteiger partial charge < -0.3 is 14.7 Å². The predicted molar refractivity (Wildman–Crippen MR) is 62.9 cm³/mol. The van der Waals surface area contributed by atoms with Gasteiger partial charge in [0.25, 0.3) is 0 Å². The summed E-state index contributed by atoms with van der Waals surface area (Å²) in [5.74, 6) is -1.91. The van der Waals surface area contributed by atoms with Crippen LogP contribution in [0.4, 0.5) is 0 Å². The molecule has 0 spiro atoms. The fourth-order valence-electron chi connectivity index (χ4n) is 1.56. The summed E-state index contributed by atoms with van der Waals surface area (Å²) in [4.78, 5) is 24.3. The Kier molecular flexibility index (Phi) is 4.02. The van der Waals surface area contributed by atoms with Crippen LogP contribution in [-0.2, 0) is 24.2 Å². The molecule has 1 amide bonds. The highest BCUT2D eigenvalue weighted by Gasteiger charge is 2.45. The number of morpholine rings is 1. The first-order chi connectivity index (χ1) is 8.09. The summed E-state index contributed by atoms with van der Waals surface area (Å²) in [5.41, 5.74) is 0. The lowest BCUT2D eigenvalue weighted by Crippen LogP contribution is -2.59. The minimum atomic E-state index is -3.63. The third kappa shape index (κ3) is 2.64. The van der Waals surface area contributed by atoms with Gasteiger partial charge in [-0.1, -0.05) is 0 Å². The number of carbonyl (C=O) groups is 2. The number of ether oxygens (including phenoxy) is 1. The molecule has 1 N–H and O–H groups in total. The van der Waals surface area contributed by atoms with Crippen LogP contribution < -0.4 is 0 Å². The van der Waals surface area contributed by atoms with Crippen molar-refractivity contribution in [3.63, 3.8) is 0 Å². The smallest absolute Gasteiger partial charge is 0.328 e. The summed E-state index contributed by atoms with van der Waals surface area (Å²) in [7, 11) is -3.63. The average molecular weight is 279 g/mol. The van der Waals surface area contributed by atoms with E-state index in [1.165, 1.54) is 13.8 Å². The lowest BCUT2D eigenvalue weighted by Gasteiger charge is -2.37. The molecule has 1 rings (SSSR count). The minimum Gasteiger partial charge on any atom is -0.480 e. The summed E-state index contributed by atoms with van der Waals surface area (Å²) in [6.07, 6.45) is 0.959. The molecular weight excluding hydrogens is 262 g/mol. The molecule has 0 saturated carbocycles. The summed E-state index contributed by atoms with van der Waals surface area (Å²) >= 11 is 0. The van der Waals surface area contributed by atoms with E-state index in [9.17, 15) is 18.0 Å². The first-order valence-electron chi connectivity index (χ1n) is 5.40. The van der Waals surface area contributed by atoms with Gasteiger partial charge in [-0.3, -0.25) is 4.79 Å². The number of nitrogens with zero attached hydrogens (tertiary/aromatic N) is 1. The van der Waals surface area contributed by atoms with Crippen molar-refractivity contribution in [3.05, 3.63) is 0 Å². The highest BCUT2D eigenvalue weighted by atomic mass is 32.2. The lowest BCUT2D eigenvalue weighted by atomic mass is 10.1. The second kappa shape index (κ2) is 4.85. The second-order valence-corrected chi connectivity index (χ2v) is 7.27. The van der Waals surface area contributed by atoms with Crippen LogP contribution in [0, 0.1) is 0 Å². The van der Waals surface area contributed by atoms with Gasteiger partial charge in [0.15, 0.2) is 15.9 Å². The number of hydrogen-bond donors (Lipinski definition) is 1. The molecule has 0 aromatic carbocycles. The molecule has 0 aromatic heterocycles. The van der Waals surface area contributed by atoms with Gasteiger partial charge in [-0.25, -0.2) is 13.2 Å². The quantitative estimate of drug-likeness (QED) is 0.720. The van der Waals surface area contributed by atoms with Crippen molar-refractivity contribution in [1.29, 1.82) is 0 Å². The Balaban J connectivity index is 3.05. The van der Waals surface area contributed by atoms with E-state index in [2.05, 4.69) is 0 Å². The summed E-state index contributed by atoms with van der Waals surface area (Å²) in [5, 5.41) is 9.00. The van der Waals surface area contributed by atoms with Gasteiger partial charge in [0.1, 0.15) is 4.75 Å². The van der Waals surface area contributed by atoms with Crippen molar-refractivity contribution >= 4 is 21.7 Å². The van der Waals surface area contributed by atoms with Gasteiger partial charge in [0.05, 0.1) is 13.2 Å². The van der Waals surface area contributed by atoms with Crippen LogP contribution in [0.1, 0.15) is 13.8 Å². The molecule has 1 fully saturated rings. The van der Waals surface area contributed by atoms with Gasteiger partial charge in [-0.15, -0.1) is 0 Å². The molecule has 1 aliphatic heterocycles. The molecule has 1 unspecified atom stereocenters. The maximum Gasteiger partial charge on any atom is 0.328 e. The van der Waals surface area contributed by atoms with E-state index in [0.29, 0.717) is 0 Å². The highest BCUT2D eigenvalue weighted by Crippen LogP contribution is 2.21. The maximum absolute atomic E-state index is 12.2. The van der Waals surface area contributed by atoms with E-state index in [0.717, 1.165) is 11.2 Å². The number of hydrogen-bond acceptors (Lipinski definition) is 5. The normalized spacial score (nSPS) is 21.7. The Morgan fingerprint density at radius 3 is 2.39 bits per heavy atom. The number of rotatable bonds is 3. The lowest BCUT2D eigenvalue weighted by molar-refractivity contribution is -0.159. The van der Waals surface area contributed by atoms with Crippen LogP contribution >= 0.6 is 0 Å². The number of carboxylic acids is 1. The van der Waals surface area contributed by atoms with Gasteiger partial charge >= 0.3 is 5.97 Å². The SMILES string of the molecule is CC(C)(C(=O)N1CCOCC1C(=O)O)S(C)(=O)=O. The van der Waals surface area contributed by atoms with Crippen molar-refractivity contribution in [2.45, 2.75) is 24.6 Å². The van der Waals surface area contributed by atoms with Crippen LogP contribution in [0.3, 0.4) is 0 Å². The third-order valence-electron chi connectivity index (χ3n) is 3.12. The molecule has 18 heavy (non-hydrogen) atoms. The average Bonchev–Trinajstić information content (AvgIpc) is 2.26. The number of carboxylic acid groups (broad SMARTS) is 1. The Morgan fingerprint density at radius 2 is 1.94 bits per heavy atom. The second-order valence-electron chi connectivity index (χ2n) is 4.71. The monoisotopic (exact) mass is 279 g/mol. The van der Waals surface area contributed by atoms with Crippen molar-refractivity contribution in [2.24, 2.45) is 0 Å². The first kappa shape index (κ1) is 14.9. The number of amides is 1. The number of sulfone groups is 1. The maximum atomic E-state index is 12.2. The van der Waals surface area contributed by atoms with Crippen LogP contribution in [0.5, 0.6) is 0 Å². The zero-order valence-corrected chi connectivity index (χ0v) is 11.4. The zero-order valence-electron chi connectivity index (χ0n) is 10.5. The van der Waals surface area contributed by atoms with Crippen molar-refractivity contribution in [1.82, 2.24) is 4.90 Å². The molecule has 104 valence electrons. The van der Waals surface area contributed by atoms with Gasteiger partial charge in [0.2, 0.25) is 5.91 Å².